The summed E-state index contributed by atoms with van der Waals surface area (Å²) >= 11 is 12.6. The van der Waals surface area contributed by atoms with Crippen LogP contribution in [0, 0.1) is 18.8 Å². The number of rotatable bonds is 4. The van der Waals surface area contributed by atoms with E-state index in [4.69, 9.17) is 32.5 Å². The van der Waals surface area contributed by atoms with Gasteiger partial charge in [0, 0.05) is 23.0 Å². The summed E-state index contributed by atoms with van der Waals surface area (Å²) in [5.74, 6) is 1.50. The summed E-state index contributed by atoms with van der Waals surface area (Å²) in [6, 6.07) is 5.36. The van der Waals surface area contributed by atoms with Gasteiger partial charge in [0.2, 0.25) is 0 Å². The molecule has 2 bridgehead atoms. The number of aromatic nitrogens is 1. The van der Waals surface area contributed by atoms with Crippen molar-refractivity contribution >= 4 is 29.0 Å². The van der Waals surface area contributed by atoms with Gasteiger partial charge in [-0.2, -0.15) is 0 Å². The summed E-state index contributed by atoms with van der Waals surface area (Å²) in [5, 5.41) is 5.21. The van der Waals surface area contributed by atoms with Crippen molar-refractivity contribution in [3.05, 3.63) is 39.6 Å². The third kappa shape index (κ3) is 3.12. The summed E-state index contributed by atoms with van der Waals surface area (Å²) in [6.45, 7) is 2.23. The van der Waals surface area contributed by atoms with E-state index in [-0.39, 0.29) is 17.9 Å². The highest BCUT2D eigenvalue weighted by Gasteiger charge is 2.41. The monoisotopic (exact) mass is 379 g/mol. The van der Waals surface area contributed by atoms with E-state index in [1.165, 1.54) is 0 Å². The van der Waals surface area contributed by atoms with Crippen LogP contribution in [0.3, 0.4) is 0 Å². The number of benzene rings is 1. The van der Waals surface area contributed by atoms with E-state index < -0.39 is 0 Å². The van der Waals surface area contributed by atoms with Crippen molar-refractivity contribution < 1.29 is 14.1 Å². The molecule has 2 fully saturated rings. The average molecular weight is 380 g/mol. The predicted molar refractivity (Wildman–Crippen MR) is 95.7 cm³/mol. The number of nitrogens with zero attached hydrogens (tertiary/aromatic N) is 1. The zero-order valence-corrected chi connectivity index (χ0v) is 15.4. The van der Waals surface area contributed by atoms with Crippen LogP contribution in [0.4, 0.5) is 0 Å². The maximum absolute atomic E-state index is 12.0. The molecule has 4 nitrogen and oxygen atoms in total. The zero-order valence-electron chi connectivity index (χ0n) is 13.9. The van der Waals surface area contributed by atoms with E-state index in [2.05, 4.69) is 5.16 Å². The van der Waals surface area contributed by atoms with Crippen molar-refractivity contribution in [3.8, 4) is 11.3 Å². The Hall–Kier alpha value is -1.36. The summed E-state index contributed by atoms with van der Waals surface area (Å²) in [6.07, 6.45) is 3.77. The van der Waals surface area contributed by atoms with Crippen LogP contribution in [0.25, 0.3) is 11.3 Å². The van der Waals surface area contributed by atoms with Gasteiger partial charge in [-0.05, 0) is 44.7 Å². The molecule has 1 heterocycles. The first-order valence-corrected chi connectivity index (χ1v) is 9.35. The van der Waals surface area contributed by atoms with Crippen LogP contribution in [0.2, 0.25) is 10.0 Å². The van der Waals surface area contributed by atoms with Gasteiger partial charge in [-0.15, -0.1) is 0 Å². The Morgan fingerprint density at radius 2 is 1.84 bits per heavy atom. The minimum atomic E-state index is 0.110. The second-order valence-corrected chi connectivity index (χ2v) is 7.75. The number of carbonyl (C=O) groups is 1. The van der Waals surface area contributed by atoms with Gasteiger partial charge < -0.3 is 9.26 Å². The number of carbonyl (C=O) groups excluding carboxylic acids is 1. The highest BCUT2D eigenvalue weighted by Crippen LogP contribution is 2.41. The van der Waals surface area contributed by atoms with Crippen LogP contribution in [0.1, 0.15) is 37.0 Å². The Balaban J connectivity index is 1.54. The third-order valence-electron chi connectivity index (χ3n) is 5.41. The lowest BCUT2D eigenvalue weighted by Crippen LogP contribution is -2.30. The standard InChI is InChI=1S/C19H19Cl2NO3/c1-10-14(9-24-13-7-11-5-6-12(8-13)19(11)23)18(22-25-10)17-15(20)3-2-4-16(17)21/h2-4,11-13H,5-9H2,1H3/t11-,12?,13+/m0/s1. The lowest BCUT2D eigenvalue weighted by Gasteiger charge is -2.26. The fourth-order valence-corrected chi connectivity index (χ4v) is 4.61. The average Bonchev–Trinajstić information content (AvgIpc) is 3.01. The second kappa shape index (κ2) is 6.75. The van der Waals surface area contributed by atoms with Crippen LogP contribution in [0.5, 0.6) is 0 Å². The van der Waals surface area contributed by atoms with E-state index in [0.717, 1.165) is 31.2 Å². The van der Waals surface area contributed by atoms with Crippen molar-refractivity contribution in [1.29, 1.82) is 0 Å². The lowest BCUT2D eigenvalue weighted by molar-refractivity contribution is -0.130. The van der Waals surface area contributed by atoms with Gasteiger partial charge in [0.05, 0.1) is 22.8 Å². The fraction of sp³-hybridized carbons (Fsp3) is 0.474. The fourth-order valence-electron chi connectivity index (χ4n) is 4.04. The number of ether oxygens (including phenoxy) is 1. The van der Waals surface area contributed by atoms with E-state index in [9.17, 15) is 4.79 Å². The Bertz CT molecular complexity index is 781. The molecule has 1 aromatic heterocycles. The van der Waals surface area contributed by atoms with Crippen molar-refractivity contribution in [3.63, 3.8) is 0 Å². The summed E-state index contributed by atoms with van der Waals surface area (Å²) < 4.78 is 11.5. The first kappa shape index (κ1) is 17.1. The molecular formula is C19H19Cl2NO3. The normalized spacial score (nSPS) is 25.6. The molecule has 2 aromatic rings. The molecule has 2 aliphatic carbocycles. The van der Waals surface area contributed by atoms with Crippen molar-refractivity contribution in [2.75, 3.05) is 0 Å². The molecule has 0 aliphatic heterocycles. The molecule has 3 atom stereocenters. The van der Waals surface area contributed by atoms with Crippen LogP contribution >= 0.6 is 23.2 Å². The molecule has 6 heteroatoms. The van der Waals surface area contributed by atoms with E-state index in [0.29, 0.717) is 39.5 Å². The molecule has 0 N–H and O–H groups in total. The Kier molecular flexibility index (Phi) is 4.61. The second-order valence-electron chi connectivity index (χ2n) is 6.94. The van der Waals surface area contributed by atoms with Crippen LogP contribution in [0.15, 0.2) is 22.7 Å². The van der Waals surface area contributed by atoms with Gasteiger partial charge in [-0.3, -0.25) is 4.79 Å². The van der Waals surface area contributed by atoms with Crippen LogP contribution in [-0.4, -0.2) is 17.0 Å². The minimum Gasteiger partial charge on any atom is -0.373 e. The number of halogens is 2. The summed E-state index contributed by atoms with van der Waals surface area (Å²) in [5.41, 5.74) is 2.15. The van der Waals surface area contributed by atoms with Crippen molar-refractivity contribution in [2.45, 2.75) is 45.3 Å². The number of ketones is 1. The van der Waals surface area contributed by atoms with Crippen LogP contribution < -0.4 is 0 Å². The minimum absolute atomic E-state index is 0.110. The van der Waals surface area contributed by atoms with Crippen molar-refractivity contribution in [2.24, 2.45) is 11.8 Å². The molecule has 0 spiro atoms. The molecule has 0 saturated heterocycles. The maximum Gasteiger partial charge on any atom is 0.139 e. The summed E-state index contributed by atoms with van der Waals surface area (Å²) in [4.78, 5) is 12.0. The molecular weight excluding hydrogens is 361 g/mol. The largest absolute Gasteiger partial charge is 0.373 e. The molecule has 132 valence electrons. The Labute approximate surface area is 156 Å². The first-order chi connectivity index (χ1) is 12.0. The van der Waals surface area contributed by atoms with Gasteiger partial charge in [-0.25, -0.2) is 0 Å². The maximum atomic E-state index is 12.0. The number of hydrogen-bond acceptors (Lipinski definition) is 4. The van der Waals surface area contributed by atoms with Gasteiger partial charge >= 0.3 is 0 Å². The number of hydrogen-bond donors (Lipinski definition) is 0. The van der Waals surface area contributed by atoms with Gasteiger partial charge in [0.15, 0.2) is 0 Å². The van der Waals surface area contributed by atoms with E-state index in [1.807, 2.05) is 6.92 Å². The summed E-state index contributed by atoms with van der Waals surface area (Å²) in [7, 11) is 0. The number of aryl methyl sites for hydroxylation is 1. The molecule has 4 rings (SSSR count). The SMILES string of the molecule is Cc1onc(-c2c(Cl)cccc2Cl)c1CO[C@H]1CC2CC[C@@H](C1)C2=O. The lowest BCUT2D eigenvalue weighted by atomic mass is 9.86. The van der Waals surface area contributed by atoms with Gasteiger partial charge in [0.25, 0.3) is 0 Å². The highest BCUT2D eigenvalue weighted by molar-refractivity contribution is 6.39. The molecule has 2 aliphatic rings. The Morgan fingerprint density at radius 1 is 1.20 bits per heavy atom. The molecule has 0 amide bonds. The van der Waals surface area contributed by atoms with Crippen LogP contribution in [-0.2, 0) is 16.1 Å². The van der Waals surface area contributed by atoms with Gasteiger partial charge in [-0.1, -0.05) is 34.4 Å². The molecule has 25 heavy (non-hydrogen) atoms. The smallest absolute Gasteiger partial charge is 0.139 e. The highest BCUT2D eigenvalue weighted by atomic mass is 35.5. The molecule has 0 radical (unpaired) electrons. The molecule has 2 saturated carbocycles. The zero-order chi connectivity index (χ0) is 17.6. The quantitative estimate of drug-likeness (QED) is 0.729. The molecule has 1 unspecified atom stereocenters. The predicted octanol–water partition coefficient (Wildman–Crippen LogP) is 5.23. The Morgan fingerprint density at radius 3 is 2.48 bits per heavy atom. The van der Waals surface area contributed by atoms with Gasteiger partial charge in [0.1, 0.15) is 17.2 Å². The van der Waals surface area contributed by atoms with Crippen molar-refractivity contribution in [1.82, 2.24) is 5.16 Å². The number of fused-ring (bicyclic) bond motifs is 2. The van der Waals surface area contributed by atoms with E-state index in [1.54, 1.807) is 18.2 Å². The van der Waals surface area contributed by atoms with E-state index >= 15 is 0 Å². The first-order valence-electron chi connectivity index (χ1n) is 8.59. The molecule has 1 aromatic carbocycles. The third-order valence-corrected chi connectivity index (χ3v) is 6.04. The topological polar surface area (TPSA) is 52.3 Å². The number of Topliss-reactive ketones (excluding diaryl/α,β-unsaturated/α-hetero) is 1.